The van der Waals surface area contributed by atoms with Crippen LogP contribution in [0.3, 0.4) is 0 Å². The van der Waals surface area contributed by atoms with Gasteiger partial charge in [-0.1, -0.05) is 48.5 Å². The van der Waals surface area contributed by atoms with Gasteiger partial charge in [0.2, 0.25) is 0 Å². The second kappa shape index (κ2) is 20.7. The number of nitrogens with zero attached hydrogens (tertiary/aromatic N) is 5. The number of para-hydroxylation sites is 5. The van der Waals surface area contributed by atoms with E-state index in [1.54, 1.807) is 24.3 Å². The fourth-order valence-corrected chi connectivity index (χ4v) is 11.4. The minimum absolute atomic E-state index is 0.0343. The van der Waals surface area contributed by atoms with Gasteiger partial charge in [-0.3, -0.25) is 0 Å². The van der Waals surface area contributed by atoms with E-state index in [9.17, 15) is 5.48 Å². The van der Waals surface area contributed by atoms with Crippen molar-refractivity contribution in [3.05, 3.63) is 257 Å². The Hall–Kier alpha value is -8.25. The molecule has 3 heterocycles. The Bertz CT molecular complexity index is 4500. The van der Waals surface area contributed by atoms with E-state index < -0.39 is 44.3 Å². The Morgan fingerprint density at radius 3 is 2.08 bits per heavy atom. The standard InChI is InChI=1S/C69H58BN5O.Pt/c1-48(2)43-52-25-16-17-30-57(52)60-42-41-56(72-47-73(62-34-19-18-33-61(62)72)68-58(50-23-10-7-11-24-50)31-22-32-59(68)51-37-39-53(40-38-51)69(4,5)6)46-65(60)76-67-45-49(3)44-66(71-67)75-64-36-21-20-35-63(64)74(55-28-14-9-15-29-55)70(75)54-26-12-8-13-27-54;/h7-35,37-42,44-45,48H,43H2,1-6H3;/q-2;/i3D3,7D,10D,11D,23D,24D,43D2;. The monoisotopic (exact) mass is 1190 g/mol. The molecule has 0 spiro atoms. The SMILES string of the molecule is [2H]c1c([2H])c([2H])c(-c2cccc(-c3ccc(C(C)(C)C)cc3)c2-n2[c](=[Pt])n(-c3[c-]c(Oc4cc(C([2H])([2H])[2H])cc(N5B(c6ccccc6)N(c6ccccc6)c6ccc[c-]c65)n4)c(-c4ccccc4C([2H])([2H])C(C)C)cc3)c3ccccc32)c([2H])c1[2H]. The summed E-state index contributed by atoms with van der Waals surface area (Å²) in [5.41, 5.74) is 10.1. The molecular formula is C69H58BN5OPt-2. The zero-order valence-electron chi connectivity index (χ0n) is 53.1. The number of rotatable bonds is 12. The number of aromatic nitrogens is 3. The van der Waals surface area contributed by atoms with Gasteiger partial charge in [-0.25, -0.2) is 0 Å². The molecule has 2 aromatic heterocycles. The zero-order chi connectivity index (χ0) is 61.4. The maximum absolute atomic E-state index is 9.46. The van der Waals surface area contributed by atoms with E-state index in [1.165, 1.54) is 6.07 Å². The van der Waals surface area contributed by atoms with Crippen LogP contribution >= 0.6 is 0 Å². The van der Waals surface area contributed by atoms with Crippen molar-refractivity contribution in [3.63, 3.8) is 0 Å². The number of imidazole rings is 1. The van der Waals surface area contributed by atoms with E-state index in [0.29, 0.717) is 54.2 Å². The first kappa shape index (κ1) is 39.2. The van der Waals surface area contributed by atoms with Gasteiger partial charge in [-0.15, -0.1) is 6.07 Å². The van der Waals surface area contributed by atoms with E-state index in [4.69, 9.17) is 17.9 Å². The Morgan fingerprint density at radius 1 is 0.675 bits per heavy atom. The van der Waals surface area contributed by atoms with Crippen LogP contribution in [0, 0.1) is 28.7 Å². The summed E-state index contributed by atoms with van der Waals surface area (Å²) >= 11 is 2.26. The van der Waals surface area contributed by atoms with E-state index in [0.717, 1.165) is 33.5 Å². The molecule has 0 fully saturated rings. The number of anilines is 4. The van der Waals surface area contributed by atoms with Gasteiger partial charge in [0.1, 0.15) is 0 Å². The number of aryl methyl sites for hydroxylation is 1. The van der Waals surface area contributed by atoms with Crippen LogP contribution in [0.15, 0.2) is 224 Å². The third-order valence-electron chi connectivity index (χ3n) is 13.8. The van der Waals surface area contributed by atoms with E-state index in [-0.39, 0.29) is 46.1 Å². The van der Waals surface area contributed by atoms with Crippen LogP contribution in [0.2, 0.25) is 0 Å². The molecule has 0 amide bonds. The summed E-state index contributed by atoms with van der Waals surface area (Å²) in [4.78, 5) is 9.40. The Labute approximate surface area is 478 Å². The van der Waals surface area contributed by atoms with Gasteiger partial charge >= 0.3 is 396 Å². The summed E-state index contributed by atoms with van der Waals surface area (Å²) < 4.78 is 102. The van der Waals surface area contributed by atoms with Crippen LogP contribution in [0.4, 0.5) is 22.9 Å². The van der Waals surface area contributed by atoms with Gasteiger partial charge in [0.15, 0.2) is 0 Å². The summed E-state index contributed by atoms with van der Waals surface area (Å²) in [6, 6.07) is 66.3. The average molecular weight is 1190 g/mol. The second-order valence-electron chi connectivity index (χ2n) is 20.3. The van der Waals surface area contributed by atoms with Gasteiger partial charge in [0.05, 0.1) is 0 Å². The molecule has 12 rings (SSSR count). The van der Waals surface area contributed by atoms with E-state index in [1.807, 2.05) is 167 Å². The summed E-state index contributed by atoms with van der Waals surface area (Å²) in [5.74, 6) is -0.0940. The summed E-state index contributed by atoms with van der Waals surface area (Å²) in [7, 11) is 0. The van der Waals surface area contributed by atoms with Crippen molar-refractivity contribution in [2.45, 2.75) is 53.3 Å². The molecular weight excluding hydrogens is 1120 g/mol. The van der Waals surface area contributed by atoms with Gasteiger partial charge in [0.25, 0.3) is 0 Å². The van der Waals surface area contributed by atoms with Gasteiger partial charge in [-0.2, -0.15) is 12.1 Å². The second-order valence-corrected chi connectivity index (χ2v) is 21.3. The molecule has 1 aliphatic heterocycles. The first-order valence-electron chi connectivity index (χ1n) is 30.6. The molecule has 9 aromatic carbocycles. The minimum atomic E-state index is -2.64. The van der Waals surface area contributed by atoms with E-state index in [2.05, 4.69) is 81.3 Å². The fourth-order valence-electron chi connectivity index (χ4n) is 10.3. The van der Waals surface area contributed by atoms with E-state index >= 15 is 0 Å². The van der Waals surface area contributed by atoms with Crippen molar-refractivity contribution in [1.29, 1.82) is 0 Å². The molecule has 380 valence electrons. The Morgan fingerprint density at radius 2 is 1.35 bits per heavy atom. The molecule has 0 saturated carbocycles. The quantitative estimate of drug-likeness (QED) is 0.0903. The van der Waals surface area contributed by atoms with Crippen molar-refractivity contribution in [1.82, 2.24) is 14.1 Å². The fraction of sp³-hybridized carbons (Fsp3) is 0.130. The summed E-state index contributed by atoms with van der Waals surface area (Å²) in [6.45, 7) is 6.92. The van der Waals surface area contributed by atoms with Gasteiger partial charge < -0.3 is 0 Å². The molecule has 11 aromatic rings. The zero-order valence-corrected chi connectivity index (χ0v) is 45.4. The number of ether oxygens (including phenoxy) is 1. The van der Waals surface area contributed by atoms with Crippen LogP contribution in [0.25, 0.3) is 55.8 Å². The molecule has 0 unspecified atom stereocenters. The van der Waals surface area contributed by atoms with Crippen molar-refractivity contribution < 1.29 is 37.8 Å². The molecule has 0 radical (unpaired) electrons. The first-order chi connectivity index (χ1) is 41.5. The predicted octanol–water partition coefficient (Wildman–Crippen LogP) is 16.8. The molecule has 0 saturated heterocycles. The molecule has 0 atom stereocenters. The van der Waals surface area contributed by atoms with Crippen LogP contribution < -0.4 is 19.8 Å². The number of fused-ring (bicyclic) bond motifs is 2. The molecule has 0 aliphatic carbocycles. The third-order valence-corrected chi connectivity index (χ3v) is 14.8. The Kier molecular flexibility index (Phi) is 10.5. The Balaban J connectivity index is 1.10. The molecule has 0 N–H and O–H groups in total. The molecule has 77 heavy (non-hydrogen) atoms. The topological polar surface area (TPSA) is 38.5 Å². The third kappa shape index (κ3) is 9.48. The number of hydrogen-bond acceptors (Lipinski definition) is 4. The molecule has 6 nitrogen and oxygen atoms in total. The van der Waals surface area contributed by atoms with Crippen LogP contribution in [0.5, 0.6) is 11.6 Å². The van der Waals surface area contributed by atoms with Crippen molar-refractivity contribution in [2.75, 3.05) is 9.62 Å². The number of hydrogen-bond donors (Lipinski definition) is 0. The van der Waals surface area contributed by atoms with Crippen molar-refractivity contribution >= 4 is 46.4 Å². The molecule has 8 heteroatoms. The summed E-state index contributed by atoms with van der Waals surface area (Å²) in [6.07, 6.45) is -1.81. The van der Waals surface area contributed by atoms with Crippen LogP contribution in [-0.4, -0.2) is 21.1 Å². The van der Waals surface area contributed by atoms with Gasteiger partial charge in [0, 0.05) is 5.69 Å². The van der Waals surface area contributed by atoms with Crippen molar-refractivity contribution in [3.8, 4) is 56.4 Å². The van der Waals surface area contributed by atoms with Gasteiger partial charge in [-0.05, 0) is 12.1 Å². The molecule has 0 bridgehead atoms. The average Bonchev–Trinajstić information content (AvgIpc) is 1.72. The normalized spacial score (nSPS) is 14.7. The van der Waals surface area contributed by atoms with Crippen LogP contribution in [-0.2, 0) is 31.1 Å². The first-order valence-corrected chi connectivity index (χ1v) is 26.7. The summed E-state index contributed by atoms with van der Waals surface area (Å²) in [5, 5.41) is 0. The van der Waals surface area contributed by atoms with Crippen LogP contribution in [0.1, 0.15) is 65.0 Å². The predicted molar refractivity (Wildman–Crippen MR) is 315 cm³/mol. The van der Waals surface area contributed by atoms with Crippen molar-refractivity contribution in [2.24, 2.45) is 5.92 Å². The molecule has 1 aliphatic rings. The maximum atomic E-state index is 9.46. The number of pyridine rings is 1. The number of benzene rings is 9.